The number of nitrogens with one attached hydrogen (secondary N) is 1. The van der Waals surface area contributed by atoms with Gasteiger partial charge in [0, 0.05) is 43.3 Å². The predicted molar refractivity (Wildman–Crippen MR) is 116 cm³/mol. The first-order chi connectivity index (χ1) is 14.3. The summed E-state index contributed by atoms with van der Waals surface area (Å²) in [5, 5.41) is 19.8. The molecule has 1 fully saturated rings. The number of fused-ring (bicyclic) bond motifs is 1. The molecule has 0 spiro atoms. The largest absolute Gasteiger partial charge is 0.368 e. The number of para-hydroxylation sites is 1. The van der Waals surface area contributed by atoms with Crippen LogP contribution in [0, 0.1) is 22.7 Å². The standard InChI is InChI=1S/C24H25N5/c25-16-19-6-1-2-10-23(19)29-14-12-28(13-15-29)11-4-3-7-21-18-27-22-9-5-8-20(17-26)24(21)22/h1-2,5-6,8-10,18,27H,3-4,7,11-15H2. The molecule has 1 aliphatic heterocycles. The maximum absolute atomic E-state index is 9.36. The lowest BCUT2D eigenvalue weighted by Gasteiger charge is -2.36. The number of aromatic nitrogens is 1. The molecule has 0 unspecified atom stereocenters. The summed E-state index contributed by atoms with van der Waals surface area (Å²) < 4.78 is 0. The Morgan fingerprint density at radius 3 is 2.41 bits per heavy atom. The molecule has 1 N–H and O–H groups in total. The van der Waals surface area contributed by atoms with Crippen LogP contribution in [0.4, 0.5) is 5.69 Å². The maximum Gasteiger partial charge on any atom is 0.101 e. The Hall–Kier alpha value is -3.28. The Morgan fingerprint density at radius 2 is 1.62 bits per heavy atom. The van der Waals surface area contributed by atoms with Crippen molar-refractivity contribution in [2.75, 3.05) is 37.6 Å². The topological polar surface area (TPSA) is 69.8 Å². The third-order valence-electron chi connectivity index (χ3n) is 5.82. The zero-order valence-corrected chi connectivity index (χ0v) is 16.6. The highest BCUT2D eigenvalue weighted by molar-refractivity contribution is 5.88. The van der Waals surface area contributed by atoms with E-state index in [1.807, 2.05) is 42.5 Å². The van der Waals surface area contributed by atoms with Crippen LogP contribution in [-0.4, -0.2) is 42.6 Å². The zero-order valence-electron chi connectivity index (χ0n) is 16.6. The second-order valence-electron chi connectivity index (χ2n) is 7.57. The van der Waals surface area contributed by atoms with E-state index in [0.29, 0.717) is 0 Å². The molecular formula is C24H25N5. The van der Waals surface area contributed by atoms with Crippen LogP contribution in [-0.2, 0) is 6.42 Å². The van der Waals surface area contributed by atoms with Crippen LogP contribution in [0.2, 0.25) is 0 Å². The number of benzene rings is 2. The van der Waals surface area contributed by atoms with Gasteiger partial charge in [-0.1, -0.05) is 18.2 Å². The molecule has 0 atom stereocenters. The van der Waals surface area contributed by atoms with Gasteiger partial charge in [-0.05, 0) is 55.6 Å². The maximum atomic E-state index is 9.36. The first kappa shape index (κ1) is 19.1. The molecule has 1 aromatic heterocycles. The third-order valence-corrected chi connectivity index (χ3v) is 5.82. The van der Waals surface area contributed by atoms with Crippen molar-refractivity contribution in [1.82, 2.24) is 9.88 Å². The fourth-order valence-electron chi connectivity index (χ4n) is 4.25. The van der Waals surface area contributed by atoms with E-state index in [-0.39, 0.29) is 0 Å². The molecule has 3 aromatic rings. The van der Waals surface area contributed by atoms with Crippen molar-refractivity contribution in [3.8, 4) is 12.1 Å². The normalized spacial score (nSPS) is 14.6. The van der Waals surface area contributed by atoms with Crippen LogP contribution in [0.3, 0.4) is 0 Å². The highest BCUT2D eigenvalue weighted by Gasteiger charge is 2.18. The number of hydrogen-bond acceptors (Lipinski definition) is 4. The molecule has 2 heterocycles. The summed E-state index contributed by atoms with van der Waals surface area (Å²) in [7, 11) is 0. The quantitative estimate of drug-likeness (QED) is 0.652. The van der Waals surface area contributed by atoms with Crippen molar-refractivity contribution in [3.63, 3.8) is 0 Å². The molecular weight excluding hydrogens is 358 g/mol. The third kappa shape index (κ3) is 4.11. The Kier molecular flexibility index (Phi) is 5.79. The van der Waals surface area contributed by atoms with Crippen LogP contribution >= 0.6 is 0 Å². The van der Waals surface area contributed by atoms with Gasteiger partial charge in [-0.25, -0.2) is 0 Å². The second kappa shape index (κ2) is 8.82. The van der Waals surface area contributed by atoms with Crippen LogP contribution in [0.1, 0.15) is 29.5 Å². The number of unbranched alkanes of at least 4 members (excludes halogenated alkanes) is 1. The average Bonchev–Trinajstić information content (AvgIpc) is 3.20. The number of hydrogen-bond donors (Lipinski definition) is 1. The van der Waals surface area contributed by atoms with E-state index in [0.717, 1.165) is 79.7 Å². The summed E-state index contributed by atoms with van der Waals surface area (Å²) >= 11 is 0. The van der Waals surface area contributed by atoms with Crippen molar-refractivity contribution in [2.24, 2.45) is 0 Å². The molecule has 0 saturated carbocycles. The van der Waals surface area contributed by atoms with E-state index >= 15 is 0 Å². The first-order valence-electron chi connectivity index (χ1n) is 10.3. The molecule has 0 radical (unpaired) electrons. The van der Waals surface area contributed by atoms with E-state index in [2.05, 4.69) is 33.1 Å². The van der Waals surface area contributed by atoms with Crippen molar-refractivity contribution in [1.29, 1.82) is 10.5 Å². The van der Waals surface area contributed by atoms with Gasteiger partial charge in [-0.2, -0.15) is 10.5 Å². The minimum absolute atomic E-state index is 0.757. The highest BCUT2D eigenvalue weighted by atomic mass is 15.3. The van der Waals surface area contributed by atoms with Gasteiger partial charge in [0.1, 0.15) is 6.07 Å². The SMILES string of the molecule is N#Cc1ccccc1N1CCN(CCCCc2c[nH]c3cccc(C#N)c23)CC1. The zero-order chi connectivity index (χ0) is 20.1. The van der Waals surface area contributed by atoms with E-state index in [9.17, 15) is 10.5 Å². The second-order valence-corrected chi connectivity index (χ2v) is 7.57. The first-order valence-corrected chi connectivity index (χ1v) is 10.3. The number of anilines is 1. The summed E-state index contributed by atoms with van der Waals surface area (Å²) in [6, 6.07) is 18.3. The Balaban J connectivity index is 1.26. The number of nitriles is 2. The van der Waals surface area contributed by atoms with Crippen molar-refractivity contribution < 1.29 is 0 Å². The lowest BCUT2D eigenvalue weighted by Crippen LogP contribution is -2.46. The van der Waals surface area contributed by atoms with Gasteiger partial charge in [-0.15, -0.1) is 0 Å². The number of nitrogens with zero attached hydrogens (tertiary/aromatic N) is 4. The molecule has 2 aromatic carbocycles. The molecule has 0 aliphatic carbocycles. The molecule has 1 saturated heterocycles. The average molecular weight is 383 g/mol. The van der Waals surface area contributed by atoms with Gasteiger partial charge in [0.05, 0.1) is 22.9 Å². The molecule has 1 aliphatic rings. The van der Waals surface area contributed by atoms with Crippen molar-refractivity contribution >= 4 is 16.6 Å². The summed E-state index contributed by atoms with van der Waals surface area (Å²) in [5.74, 6) is 0. The number of aromatic amines is 1. The summed E-state index contributed by atoms with van der Waals surface area (Å²) in [6.45, 7) is 5.09. The summed E-state index contributed by atoms with van der Waals surface area (Å²) in [4.78, 5) is 8.13. The lowest BCUT2D eigenvalue weighted by molar-refractivity contribution is 0.253. The molecule has 0 amide bonds. The molecule has 0 bridgehead atoms. The molecule has 146 valence electrons. The van der Waals surface area contributed by atoms with Crippen LogP contribution < -0.4 is 4.90 Å². The summed E-state index contributed by atoms with van der Waals surface area (Å²) in [6.07, 6.45) is 5.31. The van der Waals surface area contributed by atoms with Gasteiger partial charge in [0.25, 0.3) is 0 Å². The number of H-pyrrole nitrogens is 1. The minimum atomic E-state index is 0.757. The Morgan fingerprint density at radius 1 is 0.862 bits per heavy atom. The van der Waals surface area contributed by atoms with Gasteiger partial charge in [0.2, 0.25) is 0 Å². The fraction of sp³-hybridized carbons (Fsp3) is 0.333. The van der Waals surface area contributed by atoms with E-state index in [1.165, 1.54) is 5.56 Å². The van der Waals surface area contributed by atoms with Crippen LogP contribution in [0.15, 0.2) is 48.7 Å². The molecule has 29 heavy (non-hydrogen) atoms. The predicted octanol–water partition coefficient (Wildman–Crippen LogP) is 4.06. The van der Waals surface area contributed by atoms with E-state index < -0.39 is 0 Å². The molecule has 4 rings (SSSR count). The number of aryl methyl sites for hydroxylation is 1. The Labute approximate surface area is 171 Å². The fourth-order valence-corrected chi connectivity index (χ4v) is 4.25. The van der Waals surface area contributed by atoms with E-state index in [1.54, 1.807) is 0 Å². The van der Waals surface area contributed by atoms with Gasteiger partial charge < -0.3 is 9.88 Å². The van der Waals surface area contributed by atoms with Gasteiger partial charge in [-0.3, -0.25) is 4.90 Å². The Bertz CT molecular complexity index is 1060. The number of piperazine rings is 1. The monoisotopic (exact) mass is 383 g/mol. The van der Waals surface area contributed by atoms with E-state index in [4.69, 9.17) is 0 Å². The van der Waals surface area contributed by atoms with Crippen LogP contribution in [0.5, 0.6) is 0 Å². The minimum Gasteiger partial charge on any atom is -0.368 e. The van der Waals surface area contributed by atoms with Gasteiger partial charge >= 0.3 is 0 Å². The smallest absolute Gasteiger partial charge is 0.101 e. The van der Waals surface area contributed by atoms with Crippen molar-refractivity contribution in [3.05, 3.63) is 65.4 Å². The highest BCUT2D eigenvalue weighted by Crippen LogP contribution is 2.24. The molecule has 5 nitrogen and oxygen atoms in total. The van der Waals surface area contributed by atoms with Crippen molar-refractivity contribution in [2.45, 2.75) is 19.3 Å². The summed E-state index contributed by atoms with van der Waals surface area (Å²) in [5.41, 5.74) is 4.87. The van der Waals surface area contributed by atoms with Crippen LogP contribution in [0.25, 0.3) is 10.9 Å². The lowest BCUT2D eigenvalue weighted by atomic mass is 10.0. The molecule has 5 heteroatoms. The number of rotatable bonds is 6. The van der Waals surface area contributed by atoms with Gasteiger partial charge in [0.15, 0.2) is 0 Å².